The number of hydrogen-bond donors (Lipinski definition) is 4. The molecule has 1 atom stereocenters. The Morgan fingerprint density at radius 3 is 2.00 bits per heavy atom. The van der Waals surface area contributed by atoms with Crippen LogP contribution in [0.2, 0.25) is 0 Å². The van der Waals surface area contributed by atoms with E-state index in [2.05, 4.69) is 0 Å². The Morgan fingerprint density at radius 1 is 1.17 bits per heavy atom. The molecule has 8 heteroatoms. The maximum atomic E-state index is 11.4. The van der Waals surface area contributed by atoms with Gasteiger partial charge in [0.25, 0.3) is 0 Å². The fourth-order valence-electron chi connectivity index (χ4n) is 1.09. The zero-order chi connectivity index (χ0) is 14.6. The van der Waals surface area contributed by atoms with Crippen molar-refractivity contribution in [3.05, 3.63) is 0 Å². The first-order valence-corrected chi connectivity index (χ1v) is 5.12. The molecule has 5 N–H and O–H groups in total. The second-order valence-corrected chi connectivity index (χ2v) is 4.52. The smallest absolute Gasteiger partial charge is 0.336 e. The summed E-state index contributed by atoms with van der Waals surface area (Å²) in [7, 11) is 0. The normalized spacial score (nSPS) is 14.7. The fourth-order valence-corrected chi connectivity index (χ4v) is 1.09. The van der Waals surface area contributed by atoms with E-state index in [0.717, 1.165) is 0 Å². The van der Waals surface area contributed by atoms with Crippen LogP contribution in [-0.4, -0.2) is 51.0 Å². The van der Waals surface area contributed by atoms with Gasteiger partial charge in [0.2, 0.25) is 0 Å². The van der Waals surface area contributed by atoms with Crippen molar-refractivity contribution in [1.82, 2.24) is 0 Å². The van der Waals surface area contributed by atoms with Crippen LogP contribution in [-0.2, 0) is 19.1 Å². The van der Waals surface area contributed by atoms with Crippen LogP contribution in [0.3, 0.4) is 0 Å². The number of hydrogen-bond acceptors (Lipinski definition) is 6. The molecule has 0 radical (unpaired) electrons. The second kappa shape index (κ2) is 5.78. The molecule has 0 aromatic rings. The molecule has 0 bridgehead atoms. The average molecular weight is 263 g/mol. The van der Waals surface area contributed by atoms with E-state index < -0.39 is 42.0 Å². The van der Waals surface area contributed by atoms with E-state index in [1.54, 1.807) is 0 Å². The number of carbonyl (C=O) groups is 3. The maximum Gasteiger partial charge on any atom is 0.336 e. The third kappa shape index (κ3) is 5.11. The summed E-state index contributed by atoms with van der Waals surface area (Å²) < 4.78 is 4.83. The Bertz CT molecular complexity index is 352. The minimum absolute atomic E-state index is 0.00315. The first-order chi connectivity index (χ1) is 8.02. The zero-order valence-corrected chi connectivity index (χ0v) is 10.2. The summed E-state index contributed by atoms with van der Waals surface area (Å²) in [6.45, 7) is 3.01. The first kappa shape index (κ1) is 16.3. The van der Waals surface area contributed by atoms with Gasteiger partial charge >= 0.3 is 17.9 Å². The number of carbonyl (C=O) groups excluding carboxylic acids is 1. The highest BCUT2D eigenvalue weighted by atomic mass is 16.6. The molecule has 0 aliphatic carbocycles. The van der Waals surface area contributed by atoms with Crippen molar-refractivity contribution < 1.29 is 34.4 Å². The van der Waals surface area contributed by atoms with Crippen molar-refractivity contribution in [2.45, 2.75) is 37.9 Å². The van der Waals surface area contributed by atoms with Gasteiger partial charge in [0.1, 0.15) is 5.60 Å². The first-order valence-electron chi connectivity index (χ1n) is 5.12. The summed E-state index contributed by atoms with van der Waals surface area (Å²) in [6.07, 6.45) is -2.06. The Morgan fingerprint density at radius 2 is 1.67 bits per heavy atom. The molecular formula is C10H17NO7. The molecule has 8 nitrogen and oxygen atoms in total. The molecule has 0 rings (SSSR count). The van der Waals surface area contributed by atoms with Crippen LogP contribution < -0.4 is 5.73 Å². The summed E-state index contributed by atoms with van der Waals surface area (Å²) >= 11 is 0. The monoisotopic (exact) mass is 263 g/mol. The standard InChI is InChI=1S/C10H17NO7/c1-9(2,5-11)18-7(14)4-10(17,8(15)16)3-6(12)13/h17H,3-5,11H2,1-2H3,(H,12,13)(H,15,16). The van der Waals surface area contributed by atoms with E-state index in [1.165, 1.54) is 13.8 Å². The van der Waals surface area contributed by atoms with Gasteiger partial charge in [-0.05, 0) is 13.8 Å². The molecule has 0 aromatic carbocycles. The predicted molar refractivity (Wildman–Crippen MR) is 58.7 cm³/mol. The third-order valence-corrected chi connectivity index (χ3v) is 2.16. The van der Waals surface area contributed by atoms with Gasteiger partial charge in [-0.2, -0.15) is 0 Å². The van der Waals surface area contributed by atoms with E-state index in [1.807, 2.05) is 0 Å². The third-order valence-electron chi connectivity index (χ3n) is 2.16. The molecule has 0 fully saturated rings. The van der Waals surface area contributed by atoms with Crippen molar-refractivity contribution in [2.75, 3.05) is 6.54 Å². The van der Waals surface area contributed by atoms with Gasteiger partial charge in [-0.15, -0.1) is 0 Å². The van der Waals surface area contributed by atoms with E-state index in [9.17, 15) is 19.5 Å². The highest BCUT2D eigenvalue weighted by Gasteiger charge is 2.42. The van der Waals surface area contributed by atoms with Crippen LogP contribution >= 0.6 is 0 Å². The molecule has 0 saturated carbocycles. The molecule has 0 aliphatic rings. The molecule has 0 aromatic heterocycles. The number of carboxylic acid groups (broad SMARTS) is 2. The number of aliphatic hydroxyl groups is 1. The molecule has 0 spiro atoms. The van der Waals surface area contributed by atoms with Gasteiger partial charge in [0.05, 0.1) is 12.8 Å². The number of ether oxygens (including phenoxy) is 1. The lowest BCUT2D eigenvalue weighted by Gasteiger charge is -2.26. The predicted octanol–water partition coefficient (Wildman–Crippen LogP) is -1.05. The van der Waals surface area contributed by atoms with Crippen molar-refractivity contribution in [3.8, 4) is 0 Å². The molecule has 0 saturated heterocycles. The van der Waals surface area contributed by atoms with Crippen LogP contribution in [0.25, 0.3) is 0 Å². The zero-order valence-electron chi connectivity index (χ0n) is 10.2. The highest BCUT2D eigenvalue weighted by molar-refractivity contribution is 5.88. The number of aliphatic carboxylic acids is 2. The number of esters is 1. The maximum absolute atomic E-state index is 11.4. The molecule has 0 aliphatic heterocycles. The van der Waals surface area contributed by atoms with Gasteiger partial charge in [-0.25, -0.2) is 4.79 Å². The Kier molecular flexibility index (Phi) is 5.25. The lowest BCUT2D eigenvalue weighted by atomic mass is 9.95. The summed E-state index contributed by atoms with van der Waals surface area (Å²) in [4.78, 5) is 32.7. The van der Waals surface area contributed by atoms with Gasteiger partial charge in [0, 0.05) is 6.54 Å². The summed E-state index contributed by atoms with van der Waals surface area (Å²) in [5, 5.41) is 26.8. The number of carboxylic acids is 2. The van der Waals surface area contributed by atoms with Crippen LogP contribution in [0.15, 0.2) is 0 Å². The highest BCUT2D eigenvalue weighted by Crippen LogP contribution is 2.19. The van der Waals surface area contributed by atoms with E-state index in [-0.39, 0.29) is 6.54 Å². The van der Waals surface area contributed by atoms with E-state index in [0.29, 0.717) is 0 Å². The van der Waals surface area contributed by atoms with Crippen molar-refractivity contribution >= 4 is 17.9 Å². The largest absolute Gasteiger partial charge is 0.481 e. The Balaban J connectivity index is 4.76. The fraction of sp³-hybridized carbons (Fsp3) is 0.700. The topological polar surface area (TPSA) is 147 Å². The van der Waals surface area contributed by atoms with Gasteiger partial charge < -0.3 is 25.8 Å². The minimum atomic E-state index is -2.69. The number of rotatable bonds is 7. The van der Waals surface area contributed by atoms with Crippen LogP contribution in [0.1, 0.15) is 26.7 Å². The Labute approximate surface area is 103 Å². The van der Waals surface area contributed by atoms with Gasteiger partial charge in [-0.1, -0.05) is 0 Å². The lowest BCUT2D eigenvalue weighted by Crippen LogP contribution is -2.45. The Hall–Kier alpha value is -1.67. The summed E-state index contributed by atoms with van der Waals surface area (Å²) in [5.74, 6) is -4.37. The molecule has 0 heterocycles. The quantitative estimate of drug-likeness (QED) is 0.425. The van der Waals surface area contributed by atoms with Gasteiger partial charge in [0.15, 0.2) is 5.60 Å². The second-order valence-electron chi connectivity index (χ2n) is 4.52. The molecular weight excluding hydrogens is 246 g/mol. The average Bonchev–Trinajstić information content (AvgIpc) is 2.14. The molecule has 18 heavy (non-hydrogen) atoms. The van der Waals surface area contributed by atoms with Crippen LogP contribution in [0.4, 0.5) is 0 Å². The molecule has 104 valence electrons. The van der Waals surface area contributed by atoms with Crippen LogP contribution in [0, 0.1) is 0 Å². The van der Waals surface area contributed by atoms with Crippen molar-refractivity contribution in [3.63, 3.8) is 0 Å². The van der Waals surface area contributed by atoms with Crippen LogP contribution in [0.5, 0.6) is 0 Å². The number of nitrogens with two attached hydrogens (primary N) is 1. The molecule has 0 amide bonds. The van der Waals surface area contributed by atoms with Crippen molar-refractivity contribution in [2.24, 2.45) is 5.73 Å². The summed E-state index contributed by atoms with van der Waals surface area (Å²) in [6, 6.07) is 0. The molecule has 1 unspecified atom stereocenters. The SMILES string of the molecule is CC(C)(CN)OC(=O)CC(O)(CC(=O)O)C(=O)O. The lowest BCUT2D eigenvalue weighted by molar-refractivity contribution is -0.176. The van der Waals surface area contributed by atoms with Crippen molar-refractivity contribution in [1.29, 1.82) is 0 Å². The minimum Gasteiger partial charge on any atom is -0.481 e. The van der Waals surface area contributed by atoms with E-state index >= 15 is 0 Å². The van der Waals surface area contributed by atoms with E-state index in [4.69, 9.17) is 20.7 Å². The van der Waals surface area contributed by atoms with Gasteiger partial charge in [-0.3, -0.25) is 9.59 Å². The summed E-state index contributed by atoms with van der Waals surface area (Å²) in [5.41, 5.74) is 1.61.